The van der Waals surface area contributed by atoms with Crippen molar-refractivity contribution < 1.29 is 4.39 Å². The van der Waals surface area contributed by atoms with Crippen LogP contribution in [0.1, 0.15) is 11.3 Å². The van der Waals surface area contributed by atoms with Crippen LogP contribution in [-0.2, 0) is 0 Å². The first-order valence-electron chi connectivity index (χ1n) is 4.96. The Labute approximate surface area is 97.8 Å². The highest BCUT2D eigenvalue weighted by Crippen LogP contribution is 2.20. The minimum Gasteiger partial charge on any atom is -0.324 e. The van der Waals surface area contributed by atoms with Crippen LogP contribution >= 0.6 is 0 Å². The molecule has 0 saturated heterocycles. The molecular weight excluding hydrogens is 219 g/mol. The van der Waals surface area contributed by atoms with Crippen molar-refractivity contribution >= 4 is 11.6 Å². The van der Waals surface area contributed by atoms with Gasteiger partial charge in [-0.25, -0.2) is 14.4 Å². The first-order valence-corrected chi connectivity index (χ1v) is 4.96. The molecule has 0 aliphatic carbocycles. The number of aromatic nitrogens is 2. The predicted octanol–water partition coefficient (Wildman–Crippen LogP) is 2.54. The van der Waals surface area contributed by atoms with E-state index in [1.165, 1.54) is 18.3 Å². The van der Waals surface area contributed by atoms with Gasteiger partial charge in [0.2, 0.25) is 5.95 Å². The first-order chi connectivity index (χ1) is 8.20. The van der Waals surface area contributed by atoms with Crippen LogP contribution in [0.15, 0.2) is 30.5 Å². The molecular formula is C12H9FN4. The highest BCUT2D eigenvalue weighted by molar-refractivity contribution is 5.58. The molecule has 1 N–H and O–H groups in total. The Bertz CT molecular complexity index is 589. The maximum Gasteiger partial charge on any atom is 0.228 e. The molecule has 17 heavy (non-hydrogen) atoms. The van der Waals surface area contributed by atoms with E-state index in [4.69, 9.17) is 5.26 Å². The molecule has 4 nitrogen and oxygen atoms in total. The smallest absolute Gasteiger partial charge is 0.228 e. The van der Waals surface area contributed by atoms with Gasteiger partial charge in [0.25, 0.3) is 0 Å². The second-order valence-electron chi connectivity index (χ2n) is 3.41. The molecule has 1 aromatic carbocycles. The SMILES string of the molecule is Cc1c(F)cccc1Nc1nccc(C#N)n1. The van der Waals surface area contributed by atoms with E-state index in [1.54, 1.807) is 19.1 Å². The lowest BCUT2D eigenvalue weighted by Crippen LogP contribution is -2.00. The molecule has 2 rings (SSSR count). The van der Waals surface area contributed by atoms with Crippen molar-refractivity contribution in [2.45, 2.75) is 6.92 Å². The minimum absolute atomic E-state index is 0.261. The van der Waals surface area contributed by atoms with Gasteiger partial charge in [0.05, 0.1) is 0 Å². The number of hydrogen-bond acceptors (Lipinski definition) is 4. The molecule has 0 spiro atoms. The van der Waals surface area contributed by atoms with Crippen molar-refractivity contribution in [1.82, 2.24) is 9.97 Å². The summed E-state index contributed by atoms with van der Waals surface area (Å²) in [7, 11) is 0. The van der Waals surface area contributed by atoms with E-state index >= 15 is 0 Å². The summed E-state index contributed by atoms with van der Waals surface area (Å²) in [4.78, 5) is 7.91. The normalized spacial score (nSPS) is 9.71. The van der Waals surface area contributed by atoms with Crippen LogP contribution in [0.25, 0.3) is 0 Å². The highest BCUT2D eigenvalue weighted by Gasteiger charge is 2.05. The predicted molar refractivity (Wildman–Crippen MR) is 61.2 cm³/mol. The Morgan fingerprint density at radius 3 is 2.94 bits per heavy atom. The largest absolute Gasteiger partial charge is 0.324 e. The van der Waals surface area contributed by atoms with Crippen LogP contribution in [-0.4, -0.2) is 9.97 Å². The third-order valence-electron chi connectivity index (χ3n) is 2.28. The fourth-order valence-corrected chi connectivity index (χ4v) is 1.34. The van der Waals surface area contributed by atoms with Gasteiger partial charge >= 0.3 is 0 Å². The van der Waals surface area contributed by atoms with Crippen molar-refractivity contribution in [3.63, 3.8) is 0 Å². The molecule has 1 heterocycles. The monoisotopic (exact) mass is 228 g/mol. The van der Waals surface area contributed by atoms with E-state index < -0.39 is 0 Å². The molecule has 0 atom stereocenters. The topological polar surface area (TPSA) is 61.6 Å². The molecule has 0 saturated carbocycles. The van der Waals surface area contributed by atoms with E-state index in [0.717, 1.165) is 0 Å². The Morgan fingerprint density at radius 1 is 1.35 bits per heavy atom. The van der Waals surface area contributed by atoms with Crippen LogP contribution in [0.2, 0.25) is 0 Å². The van der Waals surface area contributed by atoms with Crippen molar-refractivity contribution in [3.8, 4) is 6.07 Å². The van der Waals surface area contributed by atoms with Crippen LogP contribution < -0.4 is 5.32 Å². The molecule has 84 valence electrons. The molecule has 0 fully saturated rings. The summed E-state index contributed by atoms with van der Waals surface area (Å²) in [6.07, 6.45) is 1.47. The number of nitrogens with one attached hydrogen (secondary N) is 1. The van der Waals surface area contributed by atoms with Gasteiger partial charge in [-0.15, -0.1) is 0 Å². The summed E-state index contributed by atoms with van der Waals surface area (Å²) in [5.74, 6) is -0.0239. The summed E-state index contributed by atoms with van der Waals surface area (Å²) in [6.45, 7) is 1.66. The van der Waals surface area contributed by atoms with E-state index in [-0.39, 0.29) is 17.5 Å². The Hall–Kier alpha value is -2.48. The van der Waals surface area contributed by atoms with E-state index in [0.29, 0.717) is 11.3 Å². The van der Waals surface area contributed by atoms with Gasteiger partial charge in [-0.3, -0.25) is 0 Å². The highest BCUT2D eigenvalue weighted by atomic mass is 19.1. The van der Waals surface area contributed by atoms with Gasteiger partial charge < -0.3 is 5.32 Å². The van der Waals surface area contributed by atoms with Gasteiger partial charge in [0.15, 0.2) is 0 Å². The molecule has 1 aromatic heterocycles. The van der Waals surface area contributed by atoms with Gasteiger partial charge in [0.1, 0.15) is 17.6 Å². The lowest BCUT2D eigenvalue weighted by atomic mass is 10.2. The quantitative estimate of drug-likeness (QED) is 0.857. The van der Waals surface area contributed by atoms with Gasteiger partial charge in [-0.2, -0.15) is 5.26 Å². The molecule has 5 heteroatoms. The third kappa shape index (κ3) is 2.37. The molecule has 0 bridgehead atoms. The molecule has 2 aromatic rings. The zero-order valence-corrected chi connectivity index (χ0v) is 9.11. The van der Waals surface area contributed by atoms with Crippen LogP contribution in [0, 0.1) is 24.1 Å². The standard InChI is InChI=1S/C12H9FN4/c1-8-10(13)3-2-4-11(8)17-12-15-6-5-9(7-14)16-12/h2-6H,1H3,(H,15,16,17). The summed E-state index contributed by atoms with van der Waals surface area (Å²) >= 11 is 0. The lowest BCUT2D eigenvalue weighted by Gasteiger charge is -2.08. The molecule has 0 aliphatic rings. The second kappa shape index (κ2) is 4.58. The van der Waals surface area contributed by atoms with Crippen molar-refractivity contribution in [3.05, 3.63) is 47.5 Å². The molecule has 0 unspecified atom stereocenters. The number of nitrogens with zero attached hydrogens (tertiary/aromatic N) is 3. The average Bonchev–Trinajstić information content (AvgIpc) is 2.35. The maximum absolute atomic E-state index is 13.3. The number of halogens is 1. The van der Waals surface area contributed by atoms with Crippen molar-refractivity contribution in [1.29, 1.82) is 5.26 Å². The van der Waals surface area contributed by atoms with E-state index in [1.807, 2.05) is 6.07 Å². The number of anilines is 2. The van der Waals surface area contributed by atoms with Crippen LogP contribution in [0.3, 0.4) is 0 Å². The lowest BCUT2D eigenvalue weighted by molar-refractivity contribution is 0.619. The maximum atomic E-state index is 13.3. The zero-order valence-electron chi connectivity index (χ0n) is 9.11. The Morgan fingerprint density at radius 2 is 2.18 bits per heavy atom. The van der Waals surface area contributed by atoms with E-state index in [2.05, 4.69) is 15.3 Å². The summed E-state index contributed by atoms with van der Waals surface area (Å²) in [5.41, 5.74) is 1.33. The zero-order chi connectivity index (χ0) is 12.3. The molecule has 0 radical (unpaired) electrons. The summed E-state index contributed by atoms with van der Waals surface area (Å²) < 4.78 is 13.3. The molecule has 0 aliphatic heterocycles. The number of benzene rings is 1. The number of hydrogen-bond donors (Lipinski definition) is 1. The minimum atomic E-state index is -0.300. The van der Waals surface area contributed by atoms with Crippen LogP contribution in [0.4, 0.5) is 16.0 Å². The van der Waals surface area contributed by atoms with Crippen LogP contribution in [0.5, 0.6) is 0 Å². The fourth-order valence-electron chi connectivity index (χ4n) is 1.34. The Kier molecular flexibility index (Phi) is 2.97. The fraction of sp³-hybridized carbons (Fsp3) is 0.0833. The third-order valence-corrected chi connectivity index (χ3v) is 2.28. The van der Waals surface area contributed by atoms with Gasteiger partial charge in [-0.05, 0) is 25.1 Å². The molecule has 0 amide bonds. The second-order valence-corrected chi connectivity index (χ2v) is 3.41. The van der Waals surface area contributed by atoms with Crippen molar-refractivity contribution in [2.24, 2.45) is 0 Å². The van der Waals surface area contributed by atoms with Gasteiger partial charge in [0, 0.05) is 17.4 Å². The number of nitriles is 1. The average molecular weight is 228 g/mol. The summed E-state index contributed by atoms with van der Waals surface area (Å²) in [5, 5.41) is 11.6. The van der Waals surface area contributed by atoms with Gasteiger partial charge in [-0.1, -0.05) is 6.07 Å². The van der Waals surface area contributed by atoms with E-state index in [9.17, 15) is 4.39 Å². The Balaban J connectivity index is 2.32. The first kappa shape index (κ1) is 11.0. The summed E-state index contributed by atoms with van der Waals surface area (Å²) in [6, 6.07) is 8.12. The van der Waals surface area contributed by atoms with Crippen molar-refractivity contribution in [2.75, 3.05) is 5.32 Å². The number of rotatable bonds is 2.